The molecule has 0 aliphatic heterocycles. The summed E-state index contributed by atoms with van der Waals surface area (Å²) in [7, 11) is 0. The van der Waals surface area contributed by atoms with E-state index in [4.69, 9.17) is 4.74 Å². The van der Waals surface area contributed by atoms with Crippen molar-refractivity contribution in [2.75, 3.05) is 5.32 Å². The molecule has 2 aromatic rings. The zero-order chi connectivity index (χ0) is 21.0. The molecule has 1 N–H and O–H groups in total. The number of benzene rings is 2. The van der Waals surface area contributed by atoms with Gasteiger partial charge in [0, 0.05) is 17.7 Å². The van der Waals surface area contributed by atoms with Crippen LogP contribution < -0.4 is 5.32 Å². The van der Waals surface area contributed by atoms with Crippen molar-refractivity contribution in [1.29, 1.82) is 0 Å². The fraction of sp³-hybridized carbons (Fsp3) is 0.375. The topological polar surface area (TPSA) is 72.5 Å². The number of fused-ring (bicyclic) bond motifs is 1. The molecule has 0 spiro atoms. The number of carbonyl (C=O) groups is 3. The molecule has 29 heavy (non-hydrogen) atoms. The normalized spacial score (nSPS) is 13.5. The number of esters is 1. The Balaban J connectivity index is 1.49. The standard InChI is InChI=1S/C24H27NO4/c1-15-7-8-16(2)21(13-15)25-24(28)17(3)29-23(27)12-11-22(26)20-10-9-18-5-4-6-19(18)14-20/h7-10,13-14,17H,4-6,11-12H2,1-3H3,(H,25,28). The summed E-state index contributed by atoms with van der Waals surface area (Å²) in [5.74, 6) is -1.02. The summed E-state index contributed by atoms with van der Waals surface area (Å²) in [6.07, 6.45) is 2.29. The first kappa shape index (κ1) is 20.8. The highest BCUT2D eigenvalue weighted by Crippen LogP contribution is 2.23. The number of aryl methyl sites for hydroxylation is 4. The summed E-state index contributed by atoms with van der Waals surface area (Å²) in [4.78, 5) is 36.8. The van der Waals surface area contributed by atoms with Gasteiger partial charge in [-0.1, -0.05) is 24.3 Å². The summed E-state index contributed by atoms with van der Waals surface area (Å²) in [6.45, 7) is 5.37. The van der Waals surface area contributed by atoms with Crippen molar-refractivity contribution < 1.29 is 19.1 Å². The zero-order valence-electron chi connectivity index (χ0n) is 17.2. The Kier molecular flexibility index (Phi) is 6.47. The van der Waals surface area contributed by atoms with Crippen molar-refractivity contribution in [2.45, 2.75) is 59.0 Å². The van der Waals surface area contributed by atoms with Gasteiger partial charge in [0.05, 0.1) is 6.42 Å². The van der Waals surface area contributed by atoms with E-state index in [9.17, 15) is 14.4 Å². The first-order chi connectivity index (χ1) is 13.8. The number of hydrogen-bond acceptors (Lipinski definition) is 4. The van der Waals surface area contributed by atoms with E-state index in [-0.39, 0.29) is 18.6 Å². The number of anilines is 1. The monoisotopic (exact) mass is 393 g/mol. The second-order valence-electron chi connectivity index (χ2n) is 7.70. The number of hydrogen-bond donors (Lipinski definition) is 1. The third-order valence-electron chi connectivity index (χ3n) is 5.31. The zero-order valence-corrected chi connectivity index (χ0v) is 17.2. The van der Waals surface area contributed by atoms with Crippen LogP contribution in [0, 0.1) is 13.8 Å². The summed E-state index contributed by atoms with van der Waals surface area (Å²) >= 11 is 0. The lowest BCUT2D eigenvalue weighted by Gasteiger charge is -2.15. The van der Waals surface area contributed by atoms with E-state index in [1.165, 1.54) is 18.1 Å². The van der Waals surface area contributed by atoms with Gasteiger partial charge < -0.3 is 10.1 Å². The van der Waals surface area contributed by atoms with Gasteiger partial charge in [-0.25, -0.2) is 0 Å². The Hall–Kier alpha value is -2.95. The van der Waals surface area contributed by atoms with Crippen LogP contribution in [-0.4, -0.2) is 23.8 Å². The van der Waals surface area contributed by atoms with Crippen molar-refractivity contribution in [3.8, 4) is 0 Å². The maximum atomic E-state index is 12.4. The molecule has 0 bridgehead atoms. The van der Waals surface area contributed by atoms with Crippen molar-refractivity contribution in [2.24, 2.45) is 0 Å². The molecule has 3 rings (SSSR count). The smallest absolute Gasteiger partial charge is 0.307 e. The lowest BCUT2D eigenvalue weighted by Crippen LogP contribution is -2.30. The predicted molar refractivity (Wildman–Crippen MR) is 112 cm³/mol. The fourth-order valence-corrected chi connectivity index (χ4v) is 3.52. The SMILES string of the molecule is Cc1ccc(C)c(NC(=O)C(C)OC(=O)CCC(=O)c2ccc3c(c2)CCC3)c1. The predicted octanol–water partition coefficient (Wildman–Crippen LogP) is 4.33. The van der Waals surface area contributed by atoms with Gasteiger partial charge in [-0.3, -0.25) is 14.4 Å². The molecule has 0 saturated heterocycles. The summed E-state index contributed by atoms with van der Waals surface area (Å²) in [6, 6.07) is 11.5. The molecule has 0 heterocycles. The molecule has 0 aromatic heterocycles. The van der Waals surface area contributed by atoms with Gasteiger partial charge in [0.15, 0.2) is 11.9 Å². The molecule has 0 radical (unpaired) electrons. The third-order valence-corrected chi connectivity index (χ3v) is 5.31. The summed E-state index contributed by atoms with van der Waals surface area (Å²) in [5, 5.41) is 2.79. The Bertz CT molecular complexity index is 948. The number of Topliss-reactive ketones (excluding diaryl/α,β-unsaturated/α-hetero) is 1. The van der Waals surface area contributed by atoms with E-state index in [1.54, 1.807) is 0 Å². The second-order valence-corrected chi connectivity index (χ2v) is 7.70. The molecule has 5 nitrogen and oxygen atoms in total. The highest BCUT2D eigenvalue weighted by Gasteiger charge is 2.20. The lowest BCUT2D eigenvalue weighted by molar-refractivity contribution is -0.153. The molecule has 1 unspecified atom stereocenters. The van der Waals surface area contributed by atoms with Gasteiger partial charge in [-0.05, 0) is 74.4 Å². The molecule has 1 atom stereocenters. The van der Waals surface area contributed by atoms with E-state index >= 15 is 0 Å². The lowest BCUT2D eigenvalue weighted by atomic mass is 10.0. The second kappa shape index (κ2) is 9.03. The first-order valence-corrected chi connectivity index (χ1v) is 10.1. The minimum atomic E-state index is -0.933. The Morgan fingerprint density at radius 1 is 1.00 bits per heavy atom. The molecule has 5 heteroatoms. The third kappa shape index (κ3) is 5.31. The van der Waals surface area contributed by atoms with E-state index in [0.717, 1.165) is 30.4 Å². The quantitative estimate of drug-likeness (QED) is 0.561. The molecule has 1 aliphatic carbocycles. The average Bonchev–Trinajstić information content (AvgIpc) is 3.16. The molecule has 0 fully saturated rings. The van der Waals surface area contributed by atoms with Crippen molar-refractivity contribution >= 4 is 23.3 Å². The van der Waals surface area contributed by atoms with E-state index in [0.29, 0.717) is 11.3 Å². The maximum absolute atomic E-state index is 12.4. The van der Waals surface area contributed by atoms with Crippen molar-refractivity contribution in [3.05, 3.63) is 64.2 Å². The summed E-state index contributed by atoms with van der Waals surface area (Å²) in [5.41, 5.74) is 5.84. The van der Waals surface area contributed by atoms with Crippen molar-refractivity contribution in [3.63, 3.8) is 0 Å². The van der Waals surface area contributed by atoms with Gasteiger partial charge in [0.1, 0.15) is 0 Å². The average molecular weight is 393 g/mol. The number of amides is 1. The van der Waals surface area contributed by atoms with Gasteiger partial charge >= 0.3 is 5.97 Å². The van der Waals surface area contributed by atoms with Crippen LogP contribution in [0.15, 0.2) is 36.4 Å². The Morgan fingerprint density at radius 2 is 1.76 bits per heavy atom. The fourth-order valence-electron chi connectivity index (χ4n) is 3.52. The number of rotatable bonds is 7. The van der Waals surface area contributed by atoms with Crippen LogP contribution in [-0.2, 0) is 27.2 Å². The van der Waals surface area contributed by atoms with E-state index in [1.807, 2.05) is 50.2 Å². The first-order valence-electron chi connectivity index (χ1n) is 10.1. The van der Waals surface area contributed by atoms with Gasteiger partial charge in [0.2, 0.25) is 0 Å². The van der Waals surface area contributed by atoms with Crippen LogP contribution in [0.5, 0.6) is 0 Å². The Morgan fingerprint density at radius 3 is 2.55 bits per heavy atom. The van der Waals surface area contributed by atoms with Crippen LogP contribution in [0.25, 0.3) is 0 Å². The molecule has 1 amide bonds. The number of nitrogens with one attached hydrogen (secondary N) is 1. The van der Waals surface area contributed by atoms with E-state index in [2.05, 4.69) is 5.32 Å². The van der Waals surface area contributed by atoms with Gasteiger partial charge in [0.25, 0.3) is 5.91 Å². The largest absolute Gasteiger partial charge is 0.453 e. The van der Waals surface area contributed by atoms with E-state index < -0.39 is 18.0 Å². The van der Waals surface area contributed by atoms with Crippen LogP contribution in [0.3, 0.4) is 0 Å². The highest BCUT2D eigenvalue weighted by molar-refractivity contribution is 5.98. The van der Waals surface area contributed by atoms with Gasteiger partial charge in [-0.2, -0.15) is 0 Å². The molecular weight excluding hydrogens is 366 g/mol. The molecule has 0 saturated carbocycles. The Labute approximate surface area is 171 Å². The number of carbonyl (C=O) groups excluding carboxylic acids is 3. The maximum Gasteiger partial charge on any atom is 0.307 e. The minimum absolute atomic E-state index is 0.0446. The molecular formula is C24H27NO4. The number of ketones is 1. The summed E-state index contributed by atoms with van der Waals surface area (Å²) < 4.78 is 5.21. The highest BCUT2D eigenvalue weighted by atomic mass is 16.5. The minimum Gasteiger partial charge on any atom is -0.453 e. The van der Waals surface area contributed by atoms with Crippen molar-refractivity contribution in [1.82, 2.24) is 0 Å². The molecule has 1 aliphatic rings. The molecule has 152 valence electrons. The van der Waals surface area contributed by atoms with Crippen LogP contribution >= 0.6 is 0 Å². The van der Waals surface area contributed by atoms with Crippen LogP contribution in [0.1, 0.15) is 58.8 Å². The van der Waals surface area contributed by atoms with Crippen LogP contribution in [0.4, 0.5) is 5.69 Å². The van der Waals surface area contributed by atoms with Gasteiger partial charge in [-0.15, -0.1) is 0 Å². The van der Waals surface area contributed by atoms with Crippen LogP contribution in [0.2, 0.25) is 0 Å². The number of ether oxygens (including phenoxy) is 1. The molecule has 2 aromatic carbocycles.